The lowest BCUT2D eigenvalue weighted by molar-refractivity contribution is 1.19. The molecule has 0 unspecified atom stereocenters. The van der Waals surface area contributed by atoms with Crippen LogP contribution in [-0.4, -0.2) is 4.98 Å². The van der Waals surface area contributed by atoms with E-state index in [2.05, 4.69) is 4.98 Å². The third-order valence-corrected chi connectivity index (χ3v) is 1.84. The Morgan fingerprint density at radius 2 is 2.12 bits per heavy atom. The number of nitrogens with zero attached hydrogens (tertiary/aromatic N) is 1. The Hall–Kier alpha value is -0.370. The van der Waals surface area contributed by atoms with Crippen LogP contribution in [0.5, 0.6) is 0 Å². The lowest BCUT2D eigenvalue weighted by atomic mass is 10.4. The van der Waals surface area contributed by atoms with Gasteiger partial charge in [-0.3, -0.25) is 0 Å². The molecule has 8 heavy (non-hydrogen) atoms. The molecule has 42 valence electrons. The molecule has 0 aliphatic carbocycles. The Bertz CT molecular complexity index is 171. The molecule has 1 rings (SSSR count). The normalized spacial score (nSPS) is 9.88. The van der Waals surface area contributed by atoms with E-state index < -0.39 is 0 Å². The highest BCUT2D eigenvalue weighted by atomic mass is 32.1. The van der Waals surface area contributed by atoms with E-state index in [0.29, 0.717) is 0 Å². The van der Waals surface area contributed by atoms with Crippen LogP contribution in [0.15, 0.2) is 0 Å². The highest BCUT2D eigenvalue weighted by Crippen LogP contribution is 2.14. The molecule has 0 fully saturated rings. The Balaban J connectivity index is 3.14. The van der Waals surface area contributed by atoms with Crippen LogP contribution in [0.4, 0.5) is 0 Å². The predicted octanol–water partition coefficient (Wildman–Crippen LogP) is 1.82. The van der Waals surface area contributed by atoms with Crippen molar-refractivity contribution in [2.45, 2.75) is 13.8 Å². The second-order valence-corrected chi connectivity index (χ2v) is 2.92. The molecule has 2 heteroatoms. The van der Waals surface area contributed by atoms with Gasteiger partial charge in [0.25, 0.3) is 0 Å². The van der Waals surface area contributed by atoms with Crippen LogP contribution < -0.4 is 0 Å². The van der Waals surface area contributed by atoms with Gasteiger partial charge in [-0.1, -0.05) is 0 Å². The summed E-state index contributed by atoms with van der Waals surface area (Å²) in [5, 5.41) is 1.04. The lowest BCUT2D eigenvalue weighted by Crippen LogP contribution is -1.71. The molecule has 1 nitrogen and oxygen atoms in total. The Morgan fingerprint density at radius 3 is 2.25 bits per heavy atom. The Kier molecular flexibility index (Phi) is 1.34. The third kappa shape index (κ3) is 0.892. The first-order valence-electron chi connectivity index (χ1n) is 2.39. The molecule has 0 amide bonds. The molecule has 2 radical (unpaired) electrons. The summed E-state index contributed by atoms with van der Waals surface area (Å²) >= 11 is 1.54. The van der Waals surface area contributed by atoms with Crippen molar-refractivity contribution in [2.24, 2.45) is 0 Å². The van der Waals surface area contributed by atoms with Crippen LogP contribution in [0.25, 0.3) is 0 Å². The Labute approximate surface area is 53.4 Å². The van der Waals surface area contributed by atoms with E-state index in [0.717, 1.165) is 15.6 Å². The van der Waals surface area contributed by atoms with Gasteiger partial charge < -0.3 is 0 Å². The fraction of sp³-hybridized carbons (Fsp3) is 0.333. The summed E-state index contributed by atoms with van der Waals surface area (Å²) < 4.78 is 0. The van der Waals surface area contributed by atoms with E-state index in [1.807, 2.05) is 13.8 Å². The average Bonchev–Trinajstić information content (AvgIpc) is 1.85. The molecule has 0 aromatic carbocycles. The van der Waals surface area contributed by atoms with Gasteiger partial charge in [0.05, 0.1) is 10.7 Å². The molecule has 1 aromatic heterocycles. The maximum absolute atomic E-state index is 5.50. The van der Waals surface area contributed by atoms with Crippen molar-refractivity contribution < 1.29 is 0 Å². The zero-order valence-corrected chi connectivity index (χ0v) is 5.75. The second kappa shape index (κ2) is 1.86. The monoisotopic (exact) mass is 125 g/mol. The van der Waals surface area contributed by atoms with Crippen LogP contribution >= 0.6 is 11.3 Å². The van der Waals surface area contributed by atoms with Crippen molar-refractivity contribution in [1.29, 1.82) is 0 Å². The summed E-state index contributed by atoms with van der Waals surface area (Å²) in [5.41, 5.74) is 0.951. The van der Waals surface area contributed by atoms with Crippen molar-refractivity contribution in [3.05, 3.63) is 22.5 Å². The van der Waals surface area contributed by atoms with E-state index >= 15 is 0 Å². The van der Waals surface area contributed by atoms with Gasteiger partial charge in [0, 0.05) is 11.8 Å². The minimum atomic E-state index is 0.836. The molecule has 1 heterocycles. The molecule has 0 saturated carbocycles. The first-order chi connectivity index (χ1) is 3.70. The number of aryl methyl sites for hydroxylation is 2. The molecular formula is C6H7NS. The number of rotatable bonds is 0. The van der Waals surface area contributed by atoms with E-state index in [1.165, 1.54) is 11.3 Å². The molecule has 0 bridgehead atoms. The highest BCUT2D eigenvalue weighted by molar-refractivity contribution is 7.11. The van der Waals surface area contributed by atoms with Gasteiger partial charge in [-0.15, -0.1) is 11.3 Å². The van der Waals surface area contributed by atoms with Crippen LogP contribution in [0, 0.1) is 20.8 Å². The zero-order valence-electron chi connectivity index (χ0n) is 4.93. The van der Waals surface area contributed by atoms with E-state index in [4.69, 9.17) is 6.92 Å². The van der Waals surface area contributed by atoms with Gasteiger partial charge in [0.15, 0.2) is 0 Å². The maximum atomic E-state index is 5.50. The summed E-state index contributed by atoms with van der Waals surface area (Å²) in [7, 11) is 0. The largest absolute Gasteiger partial charge is 0.247 e. The van der Waals surface area contributed by atoms with Gasteiger partial charge in [-0.2, -0.15) is 0 Å². The standard InChI is InChI=1S/C6H7NS/c1-4-5(2)8-6(3)7-4/h2H,1,3H3. The van der Waals surface area contributed by atoms with Crippen molar-refractivity contribution in [3.63, 3.8) is 0 Å². The summed E-state index contributed by atoms with van der Waals surface area (Å²) in [4.78, 5) is 4.94. The summed E-state index contributed by atoms with van der Waals surface area (Å²) in [6.07, 6.45) is 0. The zero-order chi connectivity index (χ0) is 6.15. The minimum Gasteiger partial charge on any atom is -0.247 e. The van der Waals surface area contributed by atoms with E-state index in [-0.39, 0.29) is 0 Å². The second-order valence-electron chi connectivity index (χ2n) is 1.68. The molecule has 1 aromatic rings. The predicted molar refractivity (Wildman–Crippen MR) is 35.0 cm³/mol. The maximum Gasteiger partial charge on any atom is 0.0900 e. The molecule has 0 aliphatic rings. The quantitative estimate of drug-likeness (QED) is 0.515. The molecule has 0 N–H and O–H groups in total. The molecule has 0 atom stereocenters. The van der Waals surface area contributed by atoms with Crippen molar-refractivity contribution in [3.8, 4) is 0 Å². The first kappa shape index (κ1) is 5.76. The SMILES string of the molecule is [CH]c1sc(C)nc1C. The average molecular weight is 125 g/mol. The number of thiazole rings is 1. The van der Waals surface area contributed by atoms with E-state index in [1.54, 1.807) is 0 Å². The van der Waals surface area contributed by atoms with Crippen LogP contribution in [0.1, 0.15) is 15.6 Å². The molecule has 0 aliphatic heterocycles. The topological polar surface area (TPSA) is 12.9 Å². The van der Waals surface area contributed by atoms with Crippen LogP contribution in [-0.2, 0) is 0 Å². The smallest absolute Gasteiger partial charge is 0.0900 e. The number of hydrogen-bond acceptors (Lipinski definition) is 2. The fourth-order valence-electron chi connectivity index (χ4n) is 0.547. The van der Waals surface area contributed by atoms with Crippen molar-refractivity contribution in [1.82, 2.24) is 4.98 Å². The summed E-state index contributed by atoms with van der Waals surface area (Å²) in [6, 6.07) is 0. The van der Waals surface area contributed by atoms with Gasteiger partial charge in [-0.25, -0.2) is 4.98 Å². The van der Waals surface area contributed by atoms with Gasteiger partial charge in [0.1, 0.15) is 0 Å². The number of hydrogen-bond donors (Lipinski definition) is 0. The van der Waals surface area contributed by atoms with Gasteiger partial charge in [0.2, 0.25) is 0 Å². The van der Waals surface area contributed by atoms with Crippen LogP contribution in [0.3, 0.4) is 0 Å². The summed E-state index contributed by atoms with van der Waals surface area (Å²) in [5.74, 6) is 0. The van der Waals surface area contributed by atoms with E-state index in [9.17, 15) is 0 Å². The Morgan fingerprint density at radius 1 is 1.50 bits per heavy atom. The molecule has 0 saturated heterocycles. The minimum absolute atomic E-state index is 0.836. The van der Waals surface area contributed by atoms with Crippen molar-refractivity contribution >= 4 is 11.3 Å². The first-order valence-corrected chi connectivity index (χ1v) is 3.21. The highest BCUT2D eigenvalue weighted by Gasteiger charge is 1.96. The number of aromatic nitrogens is 1. The lowest BCUT2D eigenvalue weighted by Gasteiger charge is -1.77. The fourth-order valence-corrected chi connectivity index (χ4v) is 1.24. The molecular weight excluding hydrogens is 118 g/mol. The summed E-state index contributed by atoms with van der Waals surface area (Å²) in [6.45, 7) is 9.36. The molecule has 0 spiro atoms. The third-order valence-electron chi connectivity index (χ3n) is 0.939. The van der Waals surface area contributed by atoms with Crippen molar-refractivity contribution in [2.75, 3.05) is 0 Å². The van der Waals surface area contributed by atoms with Crippen LogP contribution in [0.2, 0.25) is 0 Å². The van der Waals surface area contributed by atoms with Gasteiger partial charge in [-0.05, 0) is 13.8 Å². The van der Waals surface area contributed by atoms with Gasteiger partial charge >= 0.3 is 0 Å².